The minimum atomic E-state index is -1.07. The molecule has 1 aromatic carbocycles. The van der Waals surface area contributed by atoms with Crippen LogP contribution in [0.15, 0.2) is 18.2 Å². The summed E-state index contributed by atoms with van der Waals surface area (Å²) in [7, 11) is 0. The van der Waals surface area contributed by atoms with Crippen LogP contribution in [0, 0.1) is 0 Å². The van der Waals surface area contributed by atoms with Crippen molar-refractivity contribution in [3.63, 3.8) is 0 Å². The molecule has 18 heteroatoms. The molecule has 4 N–H and O–H groups in total. The van der Waals surface area contributed by atoms with Crippen molar-refractivity contribution in [3.05, 3.63) is 29.3 Å². The van der Waals surface area contributed by atoms with Crippen LogP contribution in [0.3, 0.4) is 0 Å². The van der Waals surface area contributed by atoms with Gasteiger partial charge < -0.3 is 53.7 Å². The van der Waals surface area contributed by atoms with Crippen molar-refractivity contribution in [2.45, 2.75) is 44.6 Å². The Morgan fingerprint density at radius 3 is 1.58 bits per heavy atom. The van der Waals surface area contributed by atoms with E-state index in [4.69, 9.17) is 48.4 Å². The van der Waals surface area contributed by atoms with Crippen LogP contribution >= 0.6 is 0 Å². The maximum atomic E-state index is 13.2. The van der Waals surface area contributed by atoms with Crippen molar-refractivity contribution >= 4 is 35.2 Å². The number of ether oxygens (including phenoxy) is 9. The van der Waals surface area contributed by atoms with Crippen LogP contribution in [0.5, 0.6) is 0 Å². The van der Waals surface area contributed by atoms with E-state index in [1.165, 1.54) is 6.07 Å². The molecule has 1 atom stereocenters. The number of rotatable bonds is 34. The summed E-state index contributed by atoms with van der Waals surface area (Å²) >= 11 is 0. The largest absolute Gasteiger partial charge is 0.379 e. The van der Waals surface area contributed by atoms with Crippen molar-refractivity contribution in [2.24, 2.45) is 5.73 Å². The smallest absolute Gasteiger partial charge is 0.264 e. The Labute approximate surface area is 322 Å². The fourth-order valence-electron chi connectivity index (χ4n) is 5.44. The van der Waals surface area contributed by atoms with Crippen LogP contribution in [0.2, 0.25) is 0 Å². The summed E-state index contributed by atoms with van der Waals surface area (Å²) in [4.78, 5) is 63.5. The highest BCUT2D eigenvalue weighted by molar-refractivity contribution is 6.26. The molecular formula is C37H58N4O14. The first kappa shape index (κ1) is 46.0. The highest BCUT2D eigenvalue weighted by Gasteiger charge is 2.45. The van der Waals surface area contributed by atoms with Gasteiger partial charge >= 0.3 is 0 Å². The minimum Gasteiger partial charge on any atom is -0.379 e. The van der Waals surface area contributed by atoms with E-state index in [0.717, 1.165) is 17.7 Å². The fourth-order valence-corrected chi connectivity index (χ4v) is 5.44. The Hall–Kier alpha value is -3.43. The third-order valence-corrected chi connectivity index (χ3v) is 8.17. The van der Waals surface area contributed by atoms with Gasteiger partial charge in [0.1, 0.15) is 6.04 Å². The lowest BCUT2D eigenvalue weighted by molar-refractivity contribution is -0.136. The number of carbonyl (C=O) groups excluding carboxylic acids is 5. The zero-order valence-corrected chi connectivity index (χ0v) is 31.7. The molecule has 55 heavy (non-hydrogen) atoms. The average molecular weight is 783 g/mol. The molecule has 18 nitrogen and oxygen atoms in total. The van der Waals surface area contributed by atoms with Crippen molar-refractivity contribution in [1.29, 1.82) is 0 Å². The highest BCUT2D eigenvalue weighted by Crippen LogP contribution is 2.32. The molecule has 0 saturated carbocycles. The van der Waals surface area contributed by atoms with E-state index in [0.29, 0.717) is 132 Å². The van der Waals surface area contributed by atoms with Crippen molar-refractivity contribution in [2.75, 3.05) is 131 Å². The van der Waals surface area contributed by atoms with Crippen LogP contribution < -0.4 is 16.4 Å². The number of carbonyl (C=O) groups is 5. The molecule has 1 fully saturated rings. The second kappa shape index (κ2) is 28.9. The number of fused-ring (bicyclic) bond motifs is 1. The molecule has 2 aliphatic rings. The first-order valence-corrected chi connectivity index (χ1v) is 19.0. The van der Waals surface area contributed by atoms with Crippen molar-refractivity contribution in [3.8, 4) is 0 Å². The quantitative estimate of drug-likeness (QED) is 0.0647. The Bertz CT molecular complexity index is 1300. The molecule has 2 heterocycles. The number of nitrogens with one attached hydrogen (secondary N) is 2. The first-order valence-electron chi connectivity index (χ1n) is 19.0. The summed E-state index contributed by atoms with van der Waals surface area (Å²) in [6.07, 6.45) is 2.46. The first-order chi connectivity index (χ1) is 26.9. The second-order valence-corrected chi connectivity index (χ2v) is 12.3. The van der Waals surface area contributed by atoms with E-state index in [1.807, 2.05) is 0 Å². The summed E-state index contributed by atoms with van der Waals surface area (Å²) < 4.78 is 49.0. The molecule has 0 aliphatic carbocycles. The van der Waals surface area contributed by atoms with Crippen LogP contribution in [-0.4, -0.2) is 166 Å². The molecule has 0 bridgehead atoms. The number of nitrogens with two attached hydrogens (primary N) is 1. The van der Waals surface area contributed by atoms with Gasteiger partial charge in [-0.1, -0.05) is 12.5 Å². The third-order valence-electron chi connectivity index (χ3n) is 8.17. The summed E-state index contributed by atoms with van der Waals surface area (Å²) in [5.74, 6) is -2.71. The number of hydrogen-bond acceptors (Lipinski definition) is 15. The average Bonchev–Trinajstić information content (AvgIpc) is 3.43. The van der Waals surface area contributed by atoms with E-state index in [1.54, 1.807) is 12.1 Å². The summed E-state index contributed by atoms with van der Waals surface area (Å²) in [5.41, 5.74) is 5.72. The summed E-state index contributed by atoms with van der Waals surface area (Å²) in [6, 6.07) is 3.53. The van der Waals surface area contributed by atoms with Crippen LogP contribution in [-0.2, 0) is 57.0 Å². The van der Waals surface area contributed by atoms with E-state index in [2.05, 4.69) is 10.6 Å². The Morgan fingerprint density at radius 1 is 0.636 bits per heavy atom. The van der Waals surface area contributed by atoms with Crippen LogP contribution in [0.4, 0.5) is 5.69 Å². The molecule has 0 aromatic heterocycles. The molecule has 0 spiro atoms. The predicted molar refractivity (Wildman–Crippen MR) is 197 cm³/mol. The molecule has 1 unspecified atom stereocenters. The number of piperidine rings is 1. The van der Waals surface area contributed by atoms with Gasteiger partial charge in [0.25, 0.3) is 11.8 Å². The maximum Gasteiger partial charge on any atom is 0.264 e. The van der Waals surface area contributed by atoms with E-state index >= 15 is 0 Å². The van der Waals surface area contributed by atoms with Gasteiger partial charge in [0.15, 0.2) is 0 Å². The van der Waals surface area contributed by atoms with Gasteiger partial charge in [0, 0.05) is 26.0 Å². The Balaban J connectivity index is 1.04. The lowest BCUT2D eigenvalue weighted by Crippen LogP contribution is -2.54. The van der Waals surface area contributed by atoms with Crippen molar-refractivity contribution in [1.82, 2.24) is 10.2 Å². The van der Waals surface area contributed by atoms with Gasteiger partial charge in [0.2, 0.25) is 17.7 Å². The lowest BCUT2D eigenvalue weighted by atomic mass is 10.0. The van der Waals surface area contributed by atoms with E-state index in [9.17, 15) is 24.0 Å². The summed E-state index contributed by atoms with van der Waals surface area (Å²) in [5, 5.41) is 4.90. The zero-order valence-electron chi connectivity index (χ0n) is 31.7. The van der Waals surface area contributed by atoms with Gasteiger partial charge in [-0.3, -0.25) is 34.2 Å². The molecule has 1 aromatic rings. The van der Waals surface area contributed by atoms with Gasteiger partial charge in [0.05, 0.1) is 129 Å². The molecule has 0 radical (unpaired) electrons. The molecular weight excluding hydrogens is 724 g/mol. The number of amides is 5. The molecule has 1 saturated heterocycles. The number of hydrogen-bond donors (Lipinski definition) is 3. The van der Waals surface area contributed by atoms with Gasteiger partial charge in [-0.05, 0) is 31.4 Å². The normalized spacial score (nSPS) is 15.5. The third kappa shape index (κ3) is 18.4. The SMILES string of the molecule is NCCOCCOCCOCCOCCOCCOCCOCCOCCOCCCCCC(=O)Nc1cccc2c1C(=O)N(C1CCC(=O)NC1=O)C2=O. The van der Waals surface area contributed by atoms with Crippen molar-refractivity contribution < 1.29 is 66.6 Å². The molecule has 310 valence electrons. The fraction of sp³-hybridized carbons (Fsp3) is 0.703. The monoisotopic (exact) mass is 782 g/mol. The van der Waals surface area contributed by atoms with Gasteiger partial charge in [-0.15, -0.1) is 0 Å². The minimum absolute atomic E-state index is 0.0288. The Morgan fingerprint density at radius 2 is 1.11 bits per heavy atom. The van der Waals surface area contributed by atoms with E-state index < -0.39 is 29.7 Å². The number of nitrogens with zero attached hydrogens (tertiary/aromatic N) is 1. The number of anilines is 1. The Kier molecular flexibility index (Phi) is 24.1. The topological polar surface area (TPSA) is 222 Å². The number of benzene rings is 1. The standard InChI is InChI=1S/C37H58N4O14/c38-10-12-48-14-16-50-18-20-52-22-24-54-26-28-55-27-25-53-23-21-51-19-17-49-15-13-47-11-3-1-2-7-32(42)39-30-6-4-5-29-34(30)37(46)41(36(29)45)31-8-9-33(43)40-35(31)44/h4-6,31H,1-3,7-28,38H2,(H,39,42)(H,40,43,44). The number of imide groups is 2. The lowest BCUT2D eigenvalue weighted by Gasteiger charge is -2.27. The second-order valence-electron chi connectivity index (χ2n) is 12.3. The van der Waals surface area contributed by atoms with E-state index in [-0.39, 0.29) is 42.0 Å². The highest BCUT2D eigenvalue weighted by atomic mass is 16.6. The predicted octanol–water partition coefficient (Wildman–Crippen LogP) is 0.695. The zero-order chi connectivity index (χ0) is 39.4. The summed E-state index contributed by atoms with van der Waals surface area (Å²) in [6.45, 7) is 9.31. The molecule has 2 aliphatic heterocycles. The maximum absolute atomic E-state index is 13.2. The van der Waals surface area contributed by atoms with Crippen LogP contribution in [0.25, 0.3) is 0 Å². The molecule has 5 amide bonds. The number of unbranched alkanes of at least 4 members (excludes halogenated alkanes) is 2. The van der Waals surface area contributed by atoms with Gasteiger partial charge in [-0.25, -0.2) is 0 Å². The molecule has 3 rings (SSSR count). The van der Waals surface area contributed by atoms with Gasteiger partial charge in [-0.2, -0.15) is 0 Å². The van der Waals surface area contributed by atoms with Crippen LogP contribution in [0.1, 0.15) is 59.2 Å².